The first-order valence-corrected chi connectivity index (χ1v) is 5.35. The van der Waals surface area contributed by atoms with Crippen molar-refractivity contribution in [2.75, 3.05) is 19.8 Å². The van der Waals surface area contributed by atoms with Crippen molar-refractivity contribution >= 4 is 0 Å². The zero-order valence-corrected chi connectivity index (χ0v) is 8.98. The van der Waals surface area contributed by atoms with Crippen LogP contribution in [0.4, 0.5) is 0 Å². The molecular formula is C11H16N2O2. The monoisotopic (exact) mass is 208 g/mol. The zero-order chi connectivity index (χ0) is 10.5. The molecule has 4 heteroatoms. The van der Waals surface area contributed by atoms with Crippen LogP contribution in [-0.2, 0) is 4.74 Å². The summed E-state index contributed by atoms with van der Waals surface area (Å²) in [5.74, 6) is 2.03. The Balaban J connectivity index is 1.81. The van der Waals surface area contributed by atoms with Crippen LogP contribution in [0.15, 0.2) is 12.3 Å². The Kier molecular flexibility index (Phi) is 3.50. The first kappa shape index (κ1) is 10.4. The largest absolute Gasteiger partial charge is 0.477 e. The topological polar surface area (TPSA) is 44.2 Å². The van der Waals surface area contributed by atoms with Crippen LogP contribution in [-0.4, -0.2) is 29.8 Å². The van der Waals surface area contributed by atoms with Crippen LogP contribution in [0.5, 0.6) is 5.88 Å². The van der Waals surface area contributed by atoms with E-state index in [2.05, 4.69) is 9.97 Å². The number of nitrogens with zero attached hydrogens (tertiary/aromatic N) is 2. The summed E-state index contributed by atoms with van der Waals surface area (Å²) < 4.78 is 10.9. The van der Waals surface area contributed by atoms with Gasteiger partial charge < -0.3 is 9.47 Å². The van der Waals surface area contributed by atoms with Gasteiger partial charge in [0.05, 0.1) is 6.61 Å². The van der Waals surface area contributed by atoms with E-state index in [1.54, 1.807) is 12.3 Å². The number of hydrogen-bond donors (Lipinski definition) is 0. The third-order valence-corrected chi connectivity index (χ3v) is 2.56. The normalized spacial score (nSPS) is 17.7. The van der Waals surface area contributed by atoms with E-state index in [-0.39, 0.29) is 0 Å². The summed E-state index contributed by atoms with van der Waals surface area (Å²) in [6, 6.07) is 1.80. The molecular weight excluding hydrogens is 192 g/mol. The summed E-state index contributed by atoms with van der Waals surface area (Å²) >= 11 is 0. The molecule has 0 radical (unpaired) electrons. The molecule has 1 aromatic heterocycles. The maximum absolute atomic E-state index is 5.62. The van der Waals surface area contributed by atoms with Crippen LogP contribution in [0, 0.1) is 12.8 Å². The Morgan fingerprint density at radius 3 is 3.00 bits per heavy atom. The van der Waals surface area contributed by atoms with E-state index in [0.717, 1.165) is 38.5 Å². The molecule has 0 spiro atoms. The third-order valence-electron chi connectivity index (χ3n) is 2.56. The van der Waals surface area contributed by atoms with Crippen molar-refractivity contribution in [3.05, 3.63) is 18.1 Å². The molecule has 1 saturated heterocycles. The molecule has 1 aliphatic heterocycles. The van der Waals surface area contributed by atoms with E-state index in [0.29, 0.717) is 11.8 Å². The van der Waals surface area contributed by atoms with E-state index >= 15 is 0 Å². The van der Waals surface area contributed by atoms with Gasteiger partial charge in [-0.3, -0.25) is 0 Å². The molecule has 1 fully saturated rings. The average Bonchev–Trinajstić information content (AvgIpc) is 2.28. The second-order valence-electron chi connectivity index (χ2n) is 3.81. The van der Waals surface area contributed by atoms with Crippen molar-refractivity contribution in [3.63, 3.8) is 0 Å². The number of rotatable bonds is 3. The fourth-order valence-corrected chi connectivity index (χ4v) is 1.63. The molecule has 15 heavy (non-hydrogen) atoms. The van der Waals surface area contributed by atoms with Gasteiger partial charge in [0.15, 0.2) is 0 Å². The molecule has 2 rings (SSSR count). The van der Waals surface area contributed by atoms with Crippen LogP contribution >= 0.6 is 0 Å². The van der Waals surface area contributed by atoms with Gasteiger partial charge in [-0.05, 0) is 25.7 Å². The molecule has 0 saturated carbocycles. The van der Waals surface area contributed by atoms with Gasteiger partial charge in [0, 0.05) is 25.5 Å². The van der Waals surface area contributed by atoms with E-state index in [9.17, 15) is 0 Å². The van der Waals surface area contributed by atoms with Gasteiger partial charge in [-0.2, -0.15) is 4.98 Å². The van der Waals surface area contributed by atoms with Crippen molar-refractivity contribution in [2.45, 2.75) is 19.8 Å². The van der Waals surface area contributed by atoms with Crippen LogP contribution < -0.4 is 4.74 Å². The second-order valence-corrected chi connectivity index (χ2v) is 3.81. The van der Waals surface area contributed by atoms with Crippen molar-refractivity contribution in [1.82, 2.24) is 9.97 Å². The van der Waals surface area contributed by atoms with Gasteiger partial charge in [0.25, 0.3) is 0 Å². The highest BCUT2D eigenvalue weighted by Gasteiger charge is 2.14. The Labute approximate surface area is 89.6 Å². The quantitative estimate of drug-likeness (QED) is 0.756. The summed E-state index contributed by atoms with van der Waals surface area (Å²) in [6.07, 6.45) is 3.90. The highest BCUT2D eigenvalue weighted by atomic mass is 16.5. The van der Waals surface area contributed by atoms with Crippen molar-refractivity contribution in [1.29, 1.82) is 0 Å². The first-order chi connectivity index (χ1) is 7.34. The summed E-state index contributed by atoms with van der Waals surface area (Å²) in [5.41, 5.74) is 0. The minimum Gasteiger partial charge on any atom is -0.477 e. The minimum absolute atomic E-state index is 0.606. The molecule has 1 aromatic rings. The second kappa shape index (κ2) is 5.07. The molecule has 0 aromatic carbocycles. The standard InChI is InChI=1S/C11H16N2O2/c1-9-12-5-2-11(13-9)15-8-10-3-6-14-7-4-10/h2,5,10H,3-4,6-8H2,1H3. The van der Waals surface area contributed by atoms with E-state index in [1.165, 1.54) is 0 Å². The van der Waals surface area contributed by atoms with Crippen LogP contribution in [0.3, 0.4) is 0 Å². The third kappa shape index (κ3) is 3.16. The molecule has 0 N–H and O–H groups in total. The predicted octanol–water partition coefficient (Wildman–Crippen LogP) is 1.59. The maximum Gasteiger partial charge on any atom is 0.216 e. The van der Waals surface area contributed by atoms with Gasteiger partial charge >= 0.3 is 0 Å². The van der Waals surface area contributed by atoms with Crippen molar-refractivity contribution < 1.29 is 9.47 Å². The number of aromatic nitrogens is 2. The van der Waals surface area contributed by atoms with Gasteiger partial charge in [0.1, 0.15) is 5.82 Å². The fraction of sp³-hybridized carbons (Fsp3) is 0.636. The van der Waals surface area contributed by atoms with Crippen molar-refractivity contribution in [3.8, 4) is 5.88 Å². The Hall–Kier alpha value is -1.16. The molecule has 0 unspecified atom stereocenters. The molecule has 4 nitrogen and oxygen atoms in total. The lowest BCUT2D eigenvalue weighted by atomic mass is 10.0. The fourth-order valence-electron chi connectivity index (χ4n) is 1.63. The molecule has 0 aliphatic carbocycles. The summed E-state index contributed by atoms with van der Waals surface area (Å²) in [7, 11) is 0. The first-order valence-electron chi connectivity index (χ1n) is 5.35. The molecule has 0 bridgehead atoms. The molecule has 82 valence electrons. The SMILES string of the molecule is Cc1nccc(OCC2CCOCC2)n1. The summed E-state index contributed by atoms with van der Waals surface area (Å²) in [6.45, 7) is 4.31. The van der Waals surface area contributed by atoms with Crippen molar-refractivity contribution in [2.24, 2.45) is 5.92 Å². The Morgan fingerprint density at radius 1 is 1.47 bits per heavy atom. The smallest absolute Gasteiger partial charge is 0.216 e. The molecule has 0 amide bonds. The lowest BCUT2D eigenvalue weighted by molar-refractivity contribution is 0.0490. The maximum atomic E-state index is 5.62. The summed E-state index contributed by atoms with van der Waals surface area (Å²) in [5, 5.41) is 0. The van der Waals surface area contributed by atoms with E-state index in [1.807, 2.05) is 6.92 Å². The lowest BCUT2D eigenvalue weighted by Gasteiger charge is -2.21. The average molecular weight is 208 g/mol. The molecule has 0 atom stereocenters. The number of ether oxygens (including phenoxy) is 2. The van der Waals surface area contributed by atoms with Gasteiger partial charge in [-0.15, -0.1) is 0 Å². The minimum atomic E-state index is 0.606. The molecule has 1 aliphatic rings. The van der Waals surface area contributed by atoms with Crippen LogP contribution in [0.2, 0.25) is 0 Å². The van der Waals surface area contributed by atoms with Crippen LogP contribution in [0.1, 0.15) is 18.7 Å². The Bertz CT molecular complexity index is 311. The van der Waals surface area contributed by atoms with Gasteiger partial charge in [-0.1, -0.05) is 0 Å². The molecule has 2 heterocycles. The highest BCUT2D eigenvalue weighted by Crippen LogP contribution is 2.16. The zero-order valence-electron chi connectivity index (χ0n) is 8.98. The van der Waals surface area contributed by atoms with E-state index in [4.69, 9.17) is 9.47 Å². The lowest BCUT2D eigenvalue weighted by Crippen LogP contribution is -2.21. The van der Waals surface area contributed by atoms with Crippen LogP contribution in [0.25, 0.3) is 0 Å². The number of hydrogen-bond acceptors (Lipinski definition) is 4. The predicted molar refractivity (Wildman–Crippen MR) is 55.8 cm³/mol. The Morgan fingerprint density at radius 2 is 2.27 bits per heavy atom. The van der Waals surface area contributed by atoms with Gasteiger partial charge in [0.2, 0.25) is 5.88 Å². The highest BCUT2D eigenvalue weighted by molar-refractivity contribution is 5.07. The van der Waals surface area contributed by atoms with Gasteiger partial charge in [-0.25, -0.2) is 4.98 Å². The number of aryl methyl sites for hydroxylation is 1. The van der Waals surface area contributed by atoms with E-state index < -0.39 is 0 Å². The summed E-state index contributed by atoms with van der Waals surface area (Å²) in [4.78, 5) is 8.22.